The van der Waals surface area contributed by atoms with Crippen LogP contribution in [0.25, 0.3) is 0 Å². The van der Waals surface area contributed by atoms with Gasteiger partial charge in [0, 0.05) is 29.1 Å². The van der Waals surface area contributed by atoms with Gasteiger partial charge in [0.05, 0.1) is 6.10 Å². The van der Waals surface area contributed by atoms with E-state index >= 15 is 4.39 Å². The molecule has 0 aliphatic heterocycles. The quantitative estimate of drug-likeness (QED) is 0.196. The Morgan fingerprint density at radius 1 is 1.05 bits per heavy atom. The number of hydrogen-bond donors (Lipinski definition) is 2. The van der Waals surface area contributed by atoms with Crippen molar-refractivity contribution in [3.8, 4) is 0 Å². The van der Waals surface area contributed by atoms with Crippen molar-refractivity contribution in [3.05, 3.63) is 23.8 Å². The van der Waals surface area contributed by atoms with Crippen LogP contribution in [0.4, 0.5) is 4.39 Å². The molecule has 7 heteroatoms. The number of carbonyl (C=O) groups is 3. The minimum atomic E-state index is -2.03. The normalized spacial score (nSPS) is 39.5. The van der Waals surface area contributed by atoms with Crippen LogP contribution in [-0.4, -0.2) is 51.7 Å². The number of alkyl halides is 1. The Morgan fingerprint density at radius 2 is 1.68 bits per heavy atom. The van der Waals surface area contributed by atoms with E-state index in [1.54, 1.807) is 13.0 Å². The fraction of sp³-hybridized carbons (Fsp3) is 0.794. The van der Waals surface area contributed by atoms with E-state index in [4.69, 9.17) is 4.74 Å². The maximum Gasteiger partial charge on any atom is 0.306 e. The molecule has 0 heterocycles. The van der Waals surface area contributed by atoms with Crippen LogP contribution in [0.3, 0.4) is 0 Å². The number of carbonyl (C=O) groups excluding carboxylic acids is 3. The molecule has 0 saturated heterocycles. The highest BCUT2D eigenvalue weighted by atomic mass is 19.1. The summed E-state index contributed by atoms with van der Waals surface area (Å²) in [5.41, 5.74) is -5.13. The molecule has 230 valence electrons. The van der Waals surface area contributed by atoms with Gasteiger partial charge in [0.25, 0.3) is 0 Å². The zero-order chi connectivity index (χ0) is 30.1. The summed E-state index contributed by atoms with van der Waals surface area (Å²) in [5.74, 6) is -2.58. The van der Waals surface area contributed by atoms with Crippen molar-refractivity contribution in [1.82, 2.24) is 0 Å². The van der Waals surface area contributed by atoms with E-state index in [1.807, 2.05) is 13.8 Å². The number of unbranched alkanes of at least 4 members (excludes halogenated alkanes) is 8. The Morgan fingerprint density at radius 3 is 2.32 bits per heavy atom. The molecule has 0 aromatic heterocycles. The molecule has 3 fully saturated rings. The third-order valence-electron chi connectivity index (χ3n) is 11.5. The summed E-state index contributed by atoms with van der Waals surface area (Å²) in [6.07, 6.45) is 14.6. The van der Waals surface area contributed by atoms with Crippen molar-refractivity contribution in [2.75, 3.05) is 6.61 Å². The standard InChI is InChI=1S/C34H51FO6/c1-5-6-7-8-9-10-11-12-13-14-30(40)41-34(29(39)22-36)23(2)19-27-26-16-15-24-20-25(37)17-18-31(24,3)33(26,35)28(38)21-32(27,34)4/h17-18,20,23,26-28,36,38H,5-16,19,21-22H2,1-4H3/t23-,26+,27+,28+,31+,32+,33+,34+/m1/s1. The van der Waals surface area contributed by atoms with Crippen molar-refractivity contribution in [2.24, 2.45) is 28.6 Å². The molecule has 2 N–H and O–H groups in total. The second kappa shape index (κ2) is 12.4. The highest BCUT2D eigenvalue weighted by Crippen LogP contribution is 2.71. The Hall–Kier alpha value is -1.86. The van der Waals surface area contributed by atoms with E-state index in [-0.39, 0.29) is 24.5 Å². The predicted molar refractivity (Wildman–Crippen MR) is 156 cm³/mol. The number of rotatable bonds is 13. The second-order valence-corrected chi connectivity index (χ2v) is 13.8. The molecule has 0 spiro atoms. The summed E-state index contributed by atoms with van der Waals surface area (Å²) < 4.78 is 23.6. The van der Waals surface area contributed by atoms with Gasteiger partial charge in [-0.2, -0.15) is 0 Å². The number of hydrogen-bond acceptors (Lipinski definition) is 6. The van der Waals surface area contributed by atoms with Gasteiger partial charge < -0.3 is 14.9 Å². The Balaban J connectivity index is 1.51. The lowest BCUT2D eigenvalue weighted by molar-refractivity contribution is -0.228. The second-order valence-electron chi connectivity index (χ2n) is 13.8. The van der Waals surface area contributed by atoms with Gasteiger partial charge in [0.2, 0.25) is 5.78 Å². The molecule has 0 aromatic rings. The summed E-state index contributed by atoms with van der Waals surface area (Å²) in [4.78, 5) is 38.9. The van der Waals surface area contributed by atoms with Crippen molar-refractivity contribution >= 4 is 17.5 Å². The lowest BCUT2D eigenvalue weighted by Crippen LogP contribution is -2.70. The van der Waals surface area contributed by atoms with Crippen LogP contribution in [0.1, 0.15) is 118 Å². The number of esters is 1. The van der Waals surface area contributed by atoms with Gasteiger partial charge in [0.15, 0.2) is 17.1 Å². The van der Waals surface area contributed by atoms with E-state index in [0.29, 0.717) is 31.3 Å². The summed E-state index contributed by atoms with van der Waals surface area (Å²) in [5, 5.41) is 21.7. The summed E-state index contributed by atoms with van der Waals surface area (Å²) in [6.45, 7) is 6.88. The first kappa shape index (κ1) is 32.1. The fourth-order valence-electron chi connectivity index (χ4n) is 9.33. The molecule has 0 aromatic carbocycles. The van der Waals surface area contributed by atoms with E-state index in [9.17, 15) is 24.6 Å². The first-order chi connectivity index (χ1) is 19.4. The topological polar surface area (TPSA) is 101 Å². The fourth-order valence-corrected chi connectivity index (χ4v) is 9.33. The summed E-state index contributed by atoms with van der Waals surface area (Å²) >= 11 is 0. The average Bonchev–Trinajstić information content (AvgIpc) is 3.15. The van der Waals surface area contributed by atoms with Crippen LogP contribution in [0.2, 0.25) is 0 Å². The zero-order valence-corrected chi connectivity index (χ0v) is 25.6. The molecule has 8 atom stereocenters. The third kappa shape index (κ3) is 5.17. The number of allylic oxidation sites excluding steroid dienone is 4. The van der Waals surface area contributed by atoms with Crippen molar-refractivity contribution in [2.45, 2.75) is 135 Å². The number of aliphatic hydroxyl groups excluding tert-OH is 2. The number of fused-ring (bicyclic) bond motifs is 5. The van der Waals surface area contributed by atoms with Crippen LogP contribution in [0, 0.1) is 28.6 Å². The van der Waals surface area contributed by atoms with E-state index < -0.39 is 58.4 Å². The number of Topliss-reactive ketones (excluding diaryl/α,β-unsaturated/α-hetero) is 1. The number of halogens is 1. The molecule has 3 saturated carbocycles. The number of ether oxygens (including phenoxy) is 1. The number of ketones is 2. The van der Waals surface area contributed by atoms with E-state index in [2.05, 4.69) is 6.92 Å². The van der Waals surface area contributed by atoms with Crippen molar-refractivity contribution in [1.29, 1.82) is 0 Å². The molecule has 0 radical (unpaired) electrons. The highest BCUT2D eigenvalue weighted by Gasteiger charge is 2.77. The summed E-state index contributed by atoms with van der Waals surface area (Å²) in [7, 11) is 0. The molecular weight excluding hydrogens is 523 g/mol. The van der Waals surface area contributed by atoms with E-state index in [1.165, 1.54) is 44.3 Å². The largest absolute Gasteiger partial charge is 0.450 e. The lowest BCUT2D eigenvalue weighted by atomic mass is 9.44. The Bertz CT molecular complexity index is 1070. The maximum atomic E-state index is 17.5. The minimum absolute atomic E-state index is 0.0727. The van der Waals surface area contributed by atoms with Gasteiger partial charge in [-0.1, -0.05) is 83.8 Å². The third-order valence-corrected chi connectivity index (χ3v) is 11.5. The monoisotopic (exact) mass is 574 g/mol. The molecule has 4 rings (SSSR count). The highest BCUT2D eigenvalue weighted by molar-refractivity contribution is 6.01. The van der Waals surface area contributed by atoms with Crippen molar-refractivity contribution < 1.29 is 33.7 Å². The molecule has 6 nitrogen and oxygen atoms in total. The predicted octanol–water partition coefficient (Wildman–Crippen LogP) is 6.37. The van der Waals surface area contributed by atoms with Crippen LogP contribution < -0.4 is 0 Å². The molecule has 0 unspecified atom stereocenters. The van der Waals surface area contributed by atoms with Gasteiger partial charge in [-0.15, -0.1) is 0 Å². The maximum absolute atomic E-state index is 17.5. The lowest BCUT2D eigenvalue weighted by Gasteiger charge is -2.62. The van der Waals surface area contributed by atoms with Crippen LogP contribution in [0.5, 0.6) is 0 Å². The number of aliphatic hydroxyl groups is 2. The molecule has 4 aliphatic rings. The zero-order valence-electron chi connectivity index (χ0n) is 25.6. The first-order valence-electron chi connectivity index (χ1n) is 16.1. The molecule has 0 bridgehead atoms. The van der Waals surface area contributed by atoms with Crippen LogP contribution >= 0.6 is 0 Å². The van der Waals surface area contributed by atoms with Gasteiger partial charge in [0.1, 0.15) is 6.61 Å². The van der Waals surface area contributed by atoms with E-state index in [0.717, 1.165) is 19.3 Å². The Kier molecular flexibility index (Phi) is 9.70. The average molecular weight is 575 g/mol. The minimum Gasteiger partial charge on any atom is -0.450 e. The molecular formula is C34H51FO6. The summed E-state index contributed by atoms with van der Waals surface area (Å²) in [6, 6.07) is 0. The molecule has 0 amide bonds. The Labute approximate surface area is 245 Å². The smallest absolute Gasteiger partial charge is 0.306 e. The van der Waals surface area contributed by atoms with Gasteiger partial charge in [-0.3, -0.25) is 14.4 Å². The van der Waals surface area contributed by atoms with Gasteiger partial charge >= 0.3 is 5.97 Å². The first-order valence-corrected chi connectivity index (χ1v) is 16.1. The molecule has 4 aliphatic carbocycles. The molecule has 41 heavy (non-hydrogen) atoms. The van der Waals surface area contributed by atoms with Gasteiger partial charge in [-0.25, -0.2) is 4.39 Å². The SMILES string of the molecule is CCCCCCCCCCCC(=O)O[C@]1(C(=O)CO)[C@H](C)C[C@H]2[C@@H]3CCC4=CC(=O)C=C[C@]4(C)[C@@]3(F)[C@@H](O)C[C@@]21C. The van der Waals surface area contributed by atoms with Crippen LogP contribution in [0.15, 0.2) is 23.8 Å². The van der Waals surface area contributed by atoms with Gasteiger partial charge in [-0.05, 0) is 57.1 Å². The van der Waals surface area contributed by atoms with Crippen LogP contribution in [-0.2, 0) is 19.1 Å². The van der Waals surface area contributed by atoms with Crippen molar-refractivity contribution in [3.63, 3.8) is 0 Å².